The lowest BCUT2D eigenvalue weighted by Gasteiger charge is -2.36. The fraction of sp³-hybridized carbons (Fsp3) is 0.417. The molecule has 0 unspecified atom stereocenters. The summed E-state index contributed by atoms with van der Waals surface area (Å²) in [6.07, 6.45) is 5.49. The van der Waals surface area contributed by atoms with Crippen LogP contribution >= 0.6 is 23.4 Å². The Morgan fingerprint density at radius 1 is 1.23 bits per heavy atom. The molecule has 4 nitrogen and oxygen atoms in total. The van der Waals surface area contributed by atoms with E-state index < -0.39 is 17.0 Å². The normalized spacial score (nSPS) is 20.3. The molecule has 1 aliphatic heterocycles. The fourth-order valence-corrected chi connectivity index (χ4v) is 5.77. The number of benzene rings is 2. The van der Waals surface area contributed by atoms with Crippen molar-refractivity contribution in [2.45, 2.75) is 61.8 Å². The quantitative estimate of drug-likeness (QED) is 0.634. The van der Waals surface area contributed by atoms with Crippen LogP contribution in [0.5, 0.6) is 0 Å². The number of fused-ring (bicyclic) bond motifs is 1. The summed E-state index contributed by atoms with van der Waals surface area (Å²) in [7, 11) is 0. The average molecular weight is 461 g/mol. The van der Waals surface area contributed by atoms with Crippen LogP contribution in [-0.2, 0) is 16.1 Å². The number of anilines is 1. The number of carbonyl (C=O) groups is 2. The zero-order valence-electron chi connectivity index (χ0n) is 17.4. The molecule has 2 amide bonds. The molecule has 1 aliphatic carbocycles. The molecule has 2 aromatic carbocycles. The minimum Gasteiger partial charge on any atom is -0.353 e. The number of hydrogen-bond acceptors (Lipinski definition) is 3. The van der Waals surface area contributed by atoms with Crippen molar-refractivity contribution in [1.82, 2.24) is 5.32 Å². The molecule has 1 fully saturated rings. The van der Waals surface area contributed by atoms with E-state index >= 15 is 0 Å². The maximum atomic E-state index is 13.5. The number of halogens is 2. The molecule has 1 saturated carbocycles. The van der Waals surface area contributed by atoms with E-state index in [0.29, 0.717) is 5.56 Å². The molecule has 0 spiro atoms. The standard InChI is InChI=1S/C24H26ClFN2O2S/c1-15(23(29)27-18-7-3-2-4-8-18)22-24(30)28(20-9-5-6-10-21(20)31-22)14-16-11-12-17(26)13-19(16)25/h5-6,9-13,15,18,22H,2-4,7-8,14H2,1H3,(H,27,29)/t15-,22+/m0/s1. The Morgan fingerprint density at radius 3 is 2.71 bits per heavy atom. The minimum absolute atomic E-state index is 0.0723. The van der Waals surface area contributed by atoms with Gasteiger partial charge in [0.2, 0.25) is 11.8 Å². The first kappa shape index (κ1) is 22.2. The molecule has 31 heavy (non-hydrogen) atoms. The predicted octanol–water partition coefficient (Wildman–Crippen LogP) is 5.57. The summed E-state index contributed by atoms with van der Waals surface area (Å²) in [4.78, 5) is 29.1. The van der Waals surface area contributed by atoms with Gasteiger partial charge in [0.05, 0.1) is 18.2 Å². The number of nitrogens with one attached hydrogen (secondary N) is 1. The van der Waals surface area contributed by atoms with Crippen molar-refractivity contribution in [3.63, 3.8) is 0 Å². The minimum atomic E-state index is -0.530. The Labute approximate surface area is 191 Å². The smallest absolute Gasteiger partial charge is 0.241 e. The highest BCUT2D eigenvalue weighted by Gasteiger charge is 2.40. The van der Waals surface area contributed by atoms with Gasteiger partial charge in [-0.1, -0.05) is 56.0 Å². The van der Waals surface area contributed by atoms with E-state index in [0.717, 1.165) is 36.3 Å². The van der Waals surface area contributed by atoms with E-state index in [1.165, 1.54) is 30.3 Å². The predicted molar refractivity (Wildman–Crippen MR) is 123 cm³/mol. The van der Waals surface area contributed by atoms with Crippen molar-refractivity contribution in [1.29, 1.82) is 0 Å². The second-order valence-electron chi connectivity index (χ2n) is 8.30. The topological polar surface area (TPSA) is 49.4 Å². The Morgan fingerprint density at radius 2 is 1.97 bits per heavy atom. The Bertz CT molecular complexity index is 980. The highest BCUT2D eigenvalue weighted by molar-refractivity contribution is 8.01. The van der Waals surface area contributed by atoms with Gasteiger partial charge in [0, 0.05) is 16.0 Å². The zero-order valence-corrected chi connectivity index (χ0v) is 19.0. The monoisotopic (exact) mass is 460 g/mol. The van der Waals surface area contributed by atoms with Crippen LogP contribution in [0.2, 0.25) is 5.02 Å². The maximum absolute atomic E-state index is 13.5. The lowest BCUT2D eigenvalue weighted by molar-refractivity contribution is -0.129. The molecule has 0 saturated heterocycles. The summed E-state index contributed by atoms with van der Waals surface area (Å²) in [6, 6.07) is 12.1. The summed E-state index contributed by atoms with van der Waals surface area (Å²) in [5.74, 6) is -1.09. The number of hydrogen-bond donors (Lipinski definition) is 1. The lowest BCUT2D eigenvalue weighted by atomic mass is 9.94. The summed E-state index contributed by atoms with van der Waals surface area (Å²) in [5, 5.41) is 2.91. The SMILES string of the molecule is C[C@H](C(=O)NC1CCCCC1)[C@H]1Sc2ccccc2N(Cc2ccc(F)cc2Cl)C1=O. The van der Waals surface area contributed by atoms with E-state index in [1.807, 2.05) is 31.2 Å². The van der Waals surface area contributed by atoms with Crippen molar-refractivity contribution in [3.05, 3.63) is 58.9 Å². The molecular weight excluding hydrogens is 435 g/mol. The number of nitrogens with zero attached hydrogens (tertiary/aromatic N) is 1. The van der Waals surface area contributed by atoms with E-state index in [2.05, 4.69) is 5.32 Å². The van der Waals surface area contributed by atoms with Crippen LogP contribution in [0.4, 0.5) is 10.1 Å². The zero-order chi connectivity index (χ0) is 22.0. The van der Waals surface area contributed by atoms with Gasteiger partial charge in [-0.25, -0.2) is 4.39 Å². The third-order valence-corrected chi connectivity index (χ3v) is 7.90. The summed E-state index contributed by atoms with van der Waals surface area (Å²) in [6.45, 7) is 2.05. The number of amides is 2. The third kappa shape index (κ3) is 4.90. The third-order valence-electron chi connectivity index (χ3n) is 6.08. The van der Waals surface area contributed by atoms with Crippen molar-refractivity contribution in [3.8, 4) is 0 Å². The number of thioether (sulfide) groups is 1. The van der Waals surface area contributed by atoms with E-state index in [4.69, 9.17) is 11.6 Å². The Hall–Kier alpha value is -2.05. The Kier molecular flexibility index (Phi) is 6.87. The van der Waals surface area contributed by atoms with E-state index in [1.54, 1.807) is 11.0 Å². The fourth-order valence-electron chi connectivity index (χ4n) is 4.26. The number of para-hydroxylation sites is 1. The molecule has 1 heterocycles. The van der Waals surface area contributed by atoms with Crippen LogP contribution in [0, 0.1) is 11.7 Å². The van der Waals surface area contributed by atoms with E-state index in [9.17, 15) is 14.0 Å². The highest BCUT2D eigenvalue weighted by atomic mass is 35.5. The molecule has 0 bridgehead atoms. The van der Waals surface area contributed by atoms with Crippen LogP contribution in [0.1, 0.15) is 44.6 Å². The van der Waals surface area contributed by atoms with Crippen molar-refractivity contribution < 1.29 is 14.0 Å². The molecular formula is C24H26ClFN2O2S. The van der Waals surface area contributed by atoms with Gasteiger partial charge >= 0.3 is 0 Å². The molecule has 0 aromatic heterocycles. The molecule has 2 aromatic rings. The summed E-state index contributed by atoms with van der Waals surface area (Å²) >= 11 is 7.67. The van der Waals surface area contributed by atoms with Crippen molar-refractivity contribution >= 4 is 40.9 Å². The molecule has 2 aliphatic rings. The Balaban J connectivity index is 1.57. The van der Waals surface area contributed by atoms with Gasteiger partial charge in [0.15, 0.2) is 0 Å². The molecule has 164 valence electrons. The van der Waals surface area contributed by atoms with Crippen molar-refractivity contribution in [2.75, 3.05) is 4.90 Å². The van der Waals surface area contributed by atoms with Gasteiger partial charge < -0.3 is 10.2 Å². The molecule has 0 radical (unpaired) electrons. The van der Waals surface area contributed by atoms with Crippen LogP contribution in [-0.4, -0.2) is 23.1 Å². The molecule has 7 heteroatoms. The van der Waals surface area contributed by atoms with Crippen molar-refractivity contribution in [2.24, 2.45) is 5.92 Å². The van der Waals surface area contributed by atoms with Gasteiger partial charge in [-0.15, -0.1) is 11.8 Å². The first-order chi connectivity index (χ1) is 14.9. The summed E-state index contributed by atoms with van der Waals surface area (Å²) in [5.41, 5.74) is 1.45. The van der Waals surface area contributed by atoms with Gasteiger partial charge in [0.25, 0.3) is 0 Å². The second-order valence-corrected chi connectivity index (χ2v) is 9.89. The molecule has 2 atom stereocenters. The van der Waals surface area contributed by atoms with Gasteiger partial charge in [-0.3, -0.25) is 9.59 Å². The second kappa shape index (κ2) is 9.61. The van der Waals surface area contributed by atoms with Crippen LogP contribution < -0.4 is 10.2 Å². The van der Waals surface area contributed by atoms with Crippen LogP contribution in [0.15, 0.2) is 47.4 Å². The van der Waals surface area contributed by atoms with Gasteiger partial charge in [-0.05, 0) is 42.7 Å². The molecule has 1 N–H and O–H groups in total. The van der Waals surface area contributed by atoms with E-state index in [-0.39, 0.29) is 29.4 Å². The first-order valence-electron chi connectivity index (χ1n) is 10.8. The van der Waals surface area contributed by atoms with Crippen LogP contribution in [0.3, 0.4) is 0 Å². The number of rotatable bonds is 5. The lowest BCUT2D eigenvalue weighted by Crippen LogP contribution is -2.49. The first-order valence-corrected chi connectivity index (χ1v) is 12.0. The number of carbonyl (C=O) groups excluding carboxylic acids is 2. The largest absolute Gasteiger partial charge is 0.353 e. The maximum Gasteiger partial charge on any atom is 0.241 e. The summed E-state index contributed by atoms with van der Waals surface area (Å²) < 4.78 is 13.5. The van der Waals surface area contributed by atoms with Gasteiger partial charge in [-0.2, -0.15) is 0 Å². The van der Waals surface area contributed by atoms with Crippen LogP contribution in [0.25, 0.3) is 0 Å². The average Bonchev–Trinajstić information content (AvgIpc) is 2.77. The van der Waals surface area contributed by atoms with Gasteiger partial charge in [0.1, 0.15) is 11.1 Å². The molecule has 4 rings (SSSR count). The highest BCUT2D eigenvalue weighted by Crippen LogP contribution is 2.42.